The number of rotatable bonds is 5. The second-order valence-corrected chi connectivity index (χ2v) is 7.64. The van der Waals surface area contributed by atoms with E-state index in [2.05, 4.69) is 9.71 Å². The van der Waals surface area contributed by atoms with Crippen molar-refractivity contribution in [2.75, 3.05) is 13.3 Å². The zero-order chi connectivity index (χ0) is 18.1. The summed E-state index contributed by atoms with van der Waals surface area (Å²) in [5.74, 6) is 0.922. The van der Waals surface area contributed by atoms with Crippen LogP contribution in [0.3, 0.4) is 0 Å². The lowest BCUT2D eigenvalue weighted by Gasteiger charge is -2.08. The summed E-state index contributed by atoms with van der Waals surface area (Å²) < 4.78 is 37.7. The van der Waals surface area contributed by atoms with Crippen LogP contribution in [0.5, 0.6) is 11.5 Å². The van der Waals surface area contributed by atoms with Crippen LogP contribution in [0.25, 0.3) is 10.9 Å². The molecule has 2 N–H and O–H groups in total. The molecular formula is C18H16N2O5S. The fourth-order valence-electron chi connectivity index (χ4n) is 2.83. The second kappa shape index (κ2) is 6.47. The van der Waals surface area contributed by atoms with Crippen molar-refractivity contribution in [1.29, 1.82) is 0 Å². The normalized spacial score (nSPS) is 13.2. The summed E-state index contributed by atoms with van der Waals surface area (Å²) in [6, 6.07) is 13.7. The Bertz CT molecular complexity index is 1140. The van der Waals surface area contributed by atoms with Gasteiger partial charge in [0.25, 0.3) is 5.56 Å². The van der Waals surface area contributed by atoms with Crippen LogP contribution < -0.4 is 19.8 Å². The smallest absolute Gasteiger partial charge is 0.251 e. The summed E-state index contributed by atoms with van der Waals surface area (Å²) in [7, 11) is -3.71. The van der Waals surface area contributed by atoms with Gasteiger partial charge in [-0.25, -0.2) is 13.1 Å². The van der Waals surface area contributed by atoms with E-state index in [0.717, 1.165) is 10.9 Å². The monoisotopic (exact) mass is 372 g/mol. The molecule has 8 heteroatoms. The van der Waals surface area contributed by atoms with Gasteiger partial charge in [-0.3, -0.25) is 4.79 Å². The third-order valence-corrected chi connectivity index (χ3v) is 5.63. The van der Waals surface area contributed by atoms with Gasteiger partial charge in [-0.1, -0.05) is 18.2 Å². The van der Waals surface area contributed by atoms with Crippen molar-refractivity contribution in [2.45, 2.75) is 11.3 Å². The minimum absolute atomic E-state index is 0.0804. The number of aromatic amines is 1. The van der Waals surface area contributed by atoms with Crippen LogP contribution in [0.4, 0.5) is 0 Å². The Morgan fingerprint density at radius 2 is 1.85 bits per heavy atom. The van der Waals surface area contributed by atoms with Crippen molar-refractivity contribution in [3.8, 4) is 11.5 Å². The third-order valence-electron chi connectivity index (χ3n) is 4.17. The molecule has 26 heavy (non-hydrogen) atoms. The van der Waals surface area contributed by atoms with Crippen LogP contribution in [0.1, 0.15) is 5.56 Å². The summed E-state index contributed by atoms with van der Waals surface area (Å²) in [5.41, 5.74) is 1.06. The number of nitrogens with one attached hydrogen (secondary N) is 2. The maximum Gasteiger partial charge on any atom is 0.251 e. The first kappa shape index (κ1) is 16.6. The summed E-state index contributed by atoms with van der Waals surface area (Å²) in [4.78, 5) is 15.0. The van der Waals surface area contributed by atoms with Crippen LogP contribution in [-0.2, 0) is 16.4 Å². The molecule has 0 fully saturated rings. The standard InChI is InChI=1S/C18H16N2O5S/c21-18-13(9-12-3-1-2-4-15(12)20-18)7-8-19-26(22,23)14-5-6-16-17(10-14)25-11-24-16/h1-6,9-10,19H,7-8,11H2,(H,20,21). The number of hydrogen-bond donors (Lipinski definition) is 2. The molecule has 1 aliphatic heterocycles. The van der Waals surface area contributed by atoms with Crippen molar-refractivity contribution < 1.29 is 17.9 Å². The van der Waals surface area contributed by atoms with Gasteiger partial charge >= 0.3 is 0 Å². The van der Waals surface area contributed by atoms with Crippen molar-refractivity contribution in [1.82, 2.24) is 9.71 Å². The average Bonchev–Trinajstić information content (AvgIpc) is 3.10. The highest BCUT2D eigenvalue weighted by Gasteiger charge is 2.20. The zero-order valence-electron chi connectivity index (χ0n) is 13.7. The molecule has 0 unspecified atom stereocenters. The first-order valence-corrected chi connectivity index (χ1v) is 9.51. The molecule has 1 aromatic heterocycles. The molecule has 7 nitrogen and oxygen atoms in total. The zero-order valence-corrected chi connectivity index (χ0v) is 14.5. The van der Waals surface area contributed by atoms with Crippen LogP contribution in [0, 0.1) is 0 Å². The molecule has 0 saturated heterocycles. The molecular weight excluding hydrogens is 356 g/mol. The van der Waals surface area contributed by atoms with Crippen molar-refractivity contribution >= 4 is 20.9 Å². The number of benzene rings is 2. The Morgan fingerprint density at radius 3 is 2.73 bits per heavy atom. The van der Waals surface area contributed by atoms with E-state index in [1.165, 1.54) is 12.1 Å². The van der Waals surface area contributed by atoms with E-state index >= 15 is 0 Å². The van der Waals surface area contributed by atoms with E-state index < -0.39 is 10.0 Å². The maximum atomic E-state index is 12.4. The Balaban J connectivity index is 1.49. The lowest BCUT2D eigenvalue weighted by atomic mass is 10.1. The minimum atomic E-state index is -3.71. The van der Waals surface area contributed by atoms with E-state index in [1.807, 2.05) is 24.3 Å². The predicted molar refractivity (Wildman–Crippen MR) is 96.0 cm³/mol. The largest absolute Gasteiger partial charge is 0.454 e. The van der Waals surface area contributed by atoms with Crippen LogP contribution >= 0.6 is 0 Å². The van der Waals surface area contributed by atoms with Gasteiger partial charge in [-0.05, 0) is 36.1 Å². The first-order valence-electron chi connectivity index (χ1n) is 8.03. The Hall–Kier alpha value is -2.84. The number of H-pyrrole nitrogens is 1. The fourth-order valence-corrected chi connectivity index (χ4v) is 3.87. The molecule has 0 radical (unpaired) electrons. The summed E-state index contributed by atoms with van der Waals surface area (Å²) in [6.45, 7) is 0.190. The Kier molecular flexibility index (Phi) is 4.14. The van der Waals surface area contributed by atoms with Crippen LogP contribution in [0.15, 0.2) is 58.2 Å². The van der Waals surface area contributed by atoms with Gasteiger partial charge in [-0.2, -0.15) is 0 Å². The average molecular weight is 372 g/mol. The van der Waals surface area contributed by atoms with Crippen molar-refractivity contribution in [3.63, 3.8) is 0 Å². The van der Waals surface area contributed by atoms with E-state index in [-0.39, 0.29) is 30.2 Å². The van der Waals surface area contributed by atoms with Gasteiger partial charge in [0.2, 0.25) is 16.8 Å². The summed E-state index contributed by atoms with van der Waals surface area (Å²) in [5, 5.41) is 0.903. The van der Waals surface area contributed by atoms with Crippen LogP contribution in [0.2, 0.25) is 0 Å². The number of para-hydroxylation sites is 1. The highest BCUT2D eigenvalue weighted by Crippen LogP contribution is 2.33. The summed E-state index contributed by atoms with van der Waals surface area (Å²) >= 11 is 0. The highest BCUT2D eigenvalue weighted by molar-refractivity contribution is 7.89. The molecule has 3 aromatic rings. The molecule has 0 saturated carbocycles. The number of fused-ring (bicyclic) bond motifs is 2. The van der Waals surface area contributed by atoms with Gasteiger partial charge in [0, 0.05) is 23.7 Å². The summed E-state index contributed by atoms with van der Waals surface area (Å²) in [6.07, 6.45) is 0.282. The number of pyridine rings is 1. The third kappa shape index (κ3) is 3.16. The quantitative estimate of drug-likeness (QED) is 0.711. The van der Waals surface area contributed by atoms with Gasteiger partial charge in [-0.15, -0.1) is 0 Å². The maximum absolute atomic E-state index is 12.4. The van der Waals surface area contributed by atoms with Gasteiger partial charge in [0.15, 0.2) is 11.5 Å². The highest BCUT2D eigenvalue weighted by atomic mass is 32.2. The Labute approximate surface area is 149 Å². The first-order chi connectivity index (χ1) is 12.5. The van der Waals surface area contributed by atoms with Crippen LogP contribution in [-0.4, -0.2) is 26.7 Å². The second-order valence-electron chi connectivity index (χ2n) is 5.87. The number of aromatic nitrogens is 1. The molecule has 0 spiro atoms. The SMILES string of the molecule is O=c1[nH]c2ccccc2cc1CCNS(=O)(=O)c1ccc2c(c1)OCO2. The van der Waals surface area contributed by atoms with Crippen molar-refractivity contribution in [2.24, 2.45) is 0 Å². The predicted octanol–water partition coefficient (Wildman–Crippen LogP) is 1.78. The number of sulfonamides is 1. The lowest BCUT2D eigenvalue weighted by Crippen LogP contribution is -2.27. The minimum Gasteiger partial charge on any atom is -0.454 e. The molecule has 4 rings (SSSR count). The van der Waals surface area contributed by atoms with Gasteiger partial charge in [0.05, 0.1) is 4.90 Å². The molecule has 2 heterocycles. The molecule has 0 bridgehead atoms. The number of hydrogen-bond acceptors (Lipinski definition) is 5. The molecule has 0 atom stereocenters. The lowest BCUT2D eigenvalue weighted by molar-refractivity contribution is 0.174. The number of ether oxygens (including phenoxy) is 2. The van der Waals surface area contributed by atoms with E-state index in [4.69, 9.17) is 9.47 Å². The van der Waals surface area contributed by atoms with E-state index in [9.17, 15) is 13.2 Å². The molecule has 0 amide bonds. The van der Waals surface area contributed by atoms with E-state index in [0.29, 0.717) is 17.1 Å². The molecule has 0 aliphatic carbocycles. The Morgan fingerprint density at radius 1 is 1.04 bits per heavy atom. The topological polar surface area (TPSA) is 97.5 Å². The van der Waals surface area contributed by atoms with Crippen molar-refractivity contribution in [3.05, 3.63) is 64.4 Å². The van der Waals surface area contributed by atoms with Gasteiger partial charge < -0.3 is 14.5 Å². The molecule has 1 aliphatic rings. The van der Waals surface area contributed by atoms with Gasteiger partial charge in [0.1, 0.15) is 0 Å². The fraction of sp³-hybridized carbons (Fsp3) is 0.167. The molecule has 134 valence electrons. The van der Waals surface area contributed by atoms with E-state index in [1.54, 1.807) is 12.1 Å². The molecule has 2 aromatic carbocycles.